The molecule has 6 heteroatoms. The minimum atomic E-state index is 0.234. The molecule has 104 valence electrons. The van der Waals surface area contributed by atoms with Crippen molar-refractivity contribution in [2.45, 2.75) is 39.2 Å². The topological polar surface area (TPSA) is 68.8 Å². The number of aromatic nitrogens is 4. The standard InChI is InChI=1S/C13H21N5O/c1-5-11(9(3)14-6-2)13-16-12(17-19-13)10-7-15-18(4)8-10/h7-9,11,14H,5-6H2,1-4H3. The van der Waals surface area contributed by atoms with E-state index in [1.54, 1.807) is 10.9 Å². The van der Waals surface area contributed by atoms with Crippen molar-refractivity contribution in [1.29, 1.82) is 0 Å². The third kappa shape index (κ3) is 3.01. The normalized spacial score (nSPS) is 14.5. The van der Waals surface area contributed by atoms with Crippen LogP contribution in [0.2, 0.25) is 0 Å². The smallest absolute Gasteiger partial charge is 0.231 e. The second kappa shape index (κ2) is 5.97. The number of nitrogens with one attached hydrogen (secondary N) is 1. The van der Waals surface area contributed by atoms with E-state index in [4.69, 9.17) is 4.52 Å². The number of likely N-dealkylation sites (N-methyl/N-ethyl adjacent to an activating group) is 1. The molecule has 2 rings (SSSR count). The molecule has 0 bridgehead atoms. The van der Waals surface area contributed by atoms with E-state index in [1.165, 1.54) is 0 Å². The van der Waals surface area contributed by atoms with E-state index >= 15 is 0 Å². The van der Waals surface area contributed by atoms with Gasteiger partial charge in [0.25, 0.3) is 0 Å². The largest absolute Gasteiger partial charge is 0.339 e. The molecule has 1 N–H and O–H groups in total. The van der Waals surface area contributed by atoms with Crippen LogP contribution in [-0.4, -0.2) is 32.5 Å². The molecule has 0 spiro atoms. The van der Waals surface area contributed by atoms with Crippen LogP contribution in [0.1, 0.15) is 39.0 Å². The van der Waals surface area contributed by atoms with Gasteiger partial charge in [-0.3, -0.25) is 4.68 Å². The Bertz CT molecular complexity index is 519. The van der Waals surface area contributed by atoms with Crippen LogP contribution in [0.3, 0.4) is 0 Å². The highest BCUT2D eigenvalue weighted by atomic mass is 16.5. The number of nitrogens with zero attached hydrogens (tertiary/aromatic N) is 4. The van der Waals surface area contributed by atoms with Crippen molar-refractivity contribution in [3.8, 4) is 11.4 Å². The quantitative estimate of drug-likeness (QED) is 0.862. The second-order valence-corrected chi connectivity index (χ2v) is 4.72. The molecule has 0 radical (unpaired) electrons. The summed E-state index contributed by atoms with van der Waals surface area (Å²) >= 11 is 0. The molecule has 0 aliphatic heterocycles. The van der Waals surface area contributed by atoms with Gasteiger partial charge in [0.1, 0.15) is 0 Å². The van der Waals surface area contributed by atoms with Gasteiger partial charge in [0.15, 0.2) is 0 Å². The lowest BCUT2D eigenvalue weighted by Gasteiger charge is -2.19. The molecule has 0 amide bonds. The summed E-state index contributed by atoms with van der Waals surface area (Å²) in [7, 11) is 1.87. The first-order chi connectivity index (χ1) is 9.15. The molecule has 0 saturated heterocycles. The Labute approximate surface area is 113 Å². The van der Waals surface area contributed by atoms with Gasteiger partial charge in [0, 0.05) is 19.3 Å². The molecule has 2 unspecified atom stereocenters. The Hall–Kier alpha value is -1.69. The van der Waals surface area contributed by atoms with Crippen molar-refractivity contribution in [3.05, 3.63) is 18.3 Å². The molecule has 0 fully saturated rings. The molecule has 0 saturated carbocycles. The fourth-order valence-corrected chi connectivity index (χ4v) is 2.25. The van der Waals surface area contributed by atoms with Crippen LogP contribution < -0.4 is 5.32 Å². The summed E-state index contributed by atoms with van der Waals surface area (Å²) in [6, 6.07) is 0.317. The van der Waals surface area contributed by atoms with Crippen LogP contribution in [0, 0.1) is 0 Å². The van der Waals surface area contributed by atoms with Crippen molar-refractivity contribution in [2.75, 3.05) is 6.54 Å². The Balaban J connectivity index is 2.19. The number of hydrogen-bond acceptors (Lipinski definition) is 5. The highest BCUT2D eigenvalue weighted by Crippen LogP contribution is 2.24. The average Bonchev–Trinajstić information content (AvgIpc) is 2.99. The van der Waals surface area contributed by atoms with E-state index in [0.717, 1.165) is 18.5 Å². The van der Waals surface area contributed by atoms with Crippen LogP contribution in [0.25, 0.3) is 11.4 Å². The Morgan fingerprint density at radius 1 is 1.42 bits per heavy atom. The minimum Gasteiger partial charge on any atom is -0.339 e. The van der Waals surface area contributed by atoms with Gasteiger partial charge in [-0.25, -0.2) is 0 Å². The van der Waals surface area contributed by atoms with Crippen LogP contribution in [0.15, 0.2) is 16.9 Å². The molecular formula is C13H21N5O. The highest BCUT2D eigenvalue weighted by Gasteiger charge is 2.23. The van der Waals surface area contributed by atoms with E-state index in [9.17, 15) is 0 Å². The van der Waals surface area contributed by atoms with Crippen molar-refractivity contribution in [3.63, 3.8) is 0 Å². The molecular weight excluding hydrogens is 242 g/mol. The first-order valence-corrected chi connectivity index (χ1v) is 6.71. The van der Waals surface area contributed by atoms with Crippen molar-refractivity contribution >= 4 is 0 Å². The van der Waals surface area contributed by atoms with Gasteiger partial charge in [-0.05, 0) is 19.9 Å². The molecule has 2 atom stereocenters. The molecule has 0 aliphatic rings. The maximum absolute atomic E-state index is 5.41. The summed E-state index contributed by atoms with van der Waals surface area (Å²) in [6.07, 6.45) is 4.58. The summed E-state index contributed by atoms with van der Waals surface area (Å²) in [5, 5.41) is 11.6. The first-order valence-electron chi connectivity index (χ1n) is 6.71. The van der Waals surface area contributed by atoms with Gasteiger partial charge in [-0.1, -0.05) is 19.0 Å². The molecule has 19 heavy (non-hydrogen) atoms. The van der Waals surface area contributed by atoms with E-state index in [1.807, 2.05) is 13.2 Å². The van der Waals surface area contributed by atoms with E-state index < -0.39 is 0 Å². The Morgan fingerprint density at radius 2 is 2.21 bits per heavy atom. The van der Waals surface area contributed by atoms with Crippen LogP contribution >= 0.6 is 0 Å². The monoisotopic (exact) mass is 263 g/mol. The lowest BCUT2D eigenvalue weighted by Crippen LogP contribution is -2.31. The van der Waals surface area contributed by atoms with Crippen LogP contribution in [0.5, 0.6) is 0 Å². The predicted octanol–water partition coefficient (Wildman–Crippen LogP) is 1.96. The lowest BCUT2D eigenvalue weighted by atomic mass is 9.98. The summed E-state index contributed by atoms with van der Waals surface area (Å²) < 4.78 is 7.14. The maximum atomic E-state index is 5.41. The number of hydrogen-bond donors (Lipinski definition) is 1. The molecule has 0 aliphatic carbocycles. The zero-order chi connectivity index (χ0) is 13.8. The molecule has 2 aromatic rings. The highest BCUT2D eigenvalue weighted by molar-refractivity contribution is 5.51. The zero-order valence-corrected chi connectivity index (χ0v) is 11.9. The van der Waals surface area contributed by atoms with Gasteiger partial charge >= 0.3 is 0 Å². The zero-order valence-electron chi connectivity index (χ0n) is 11.9. The van der Waals surface area contributed by atoms with Crippen LogP contribution in [-0.2, 0) is 7.05 Å². The summed E-state index contributed by atoms with van der Waals surface area (Å²) in [5.41, 5.74) is 0.878. The number of aryl methyl sites for hydroxylation is 1. The summed E-state index contributed by atoms with van der Waals surface area (Å²) in [4.78, 5) is 4.50. The van der Waals surface area contributed by atoms with E-state index in [0.29, 0.717) is 17.8 Å². The van der Waals surface area contributed by atoms with Crippen LogP contribution in [0.4, 0.5) is 0 Å². The minimum absolute atomic E-state index is 0.234. The first kappa shape index (κ1) is 13.7. The van der Waals surface area contributed by atoms with Crippen molar-refractivity contribution < 1.29 is 4.52 Å². The third-order valence-electron chi connectivity index (χ3n) is 3.29. The Morgan fingerprint density at radius 3 is 2.79 bits per heavy atom. The third-order valence-corrected chi connectivity index (χ3v) is 3.29. The van der Waals surface area contributed by atoms with E-state index in [-0.39, 0.29) is 5.92 Å². The van der Waals surface area contributed by atoms with Crippen molar-refractivity contribution in [2.24, 2.45) is 7.05 Å². The van der Waals surface area contributed by atoms with Gasteiger partial charge in [-0.15, -0.1) is 0 Å². The maximum Gasteiger partial charge on any atom is 0.231 e. The Kier molecular flexibility index (Phi) is 4.31. The SMILES string of the molecule is CCNC(C)C(CC)c1nc(-c2cnn(C)c2)no1. The van der Waals surface area contributed by atoms with Crippen molar-refractivity contribution in [1.82, 2.24) is 25.2 Å². The second-order valence-electron chi connectivity index (χ2n) is 4.72. The average molecular weight is 263 g/mol. The molecule has 2 aromatic heterocycles. The fourth-order valence-electron chi connectivity index (χ4n) is 2.25. The van der Waals surface area contributed by atoms with Gasteiger partial charge in [-0.2, -0.15) is 10.1 Å². The number of rotatable bonds is 6. The van der Waals surface area contributed by atoms with Gasteiger partial charge in [0.2, 0.25) is 11.7 Å². The van der Waals surface area contributed by atoms with Gasteiger partial charge in [0.05, 0.1) is 17.7 Å². The summed E-state index contributed by atoms with van der Waals surface area (Å²) in [5.74, 6) is 1.53. The molecule has 2 heterocycles. The predicted molar refractivity (Wildman–Crippen MR) is 72.7 cm³/mol. The summed E-state index contributed by atoms with van der Waals surface area (Å²) in [6.45, 7) is 7.30. The molecule has 0 aromatic carbocycles. The molecule has 6 nitrogen and oxygen atoms in total. The lowest BCUT2D eigenvalue weighted by molar-refractivity contribution is 0.318. The fraction of sp³-hybridized carbons (Fsp3) is 0.615. The van der Waals surface area contributed by atoms with Gasteiger partial charge < -0.3 is 9.84 Å². The van der Waals surface area contributed by atoms with E-state index in [2.05, 4.69) is 41.3 Å².